The van der Waals surface area contributed by atoms with Gasteiger partial charge in [-0.05, 0) is 55.0 Å². The summed E-state index contributed by atoms with van der Waals surface area (Å²) in [6.45, 7) is 5.74. The number of fused-ring (bicyclic) bond motifs is 1. The van der Waals surface area contributed by atoms with Crippen molar-refractivity contribution in [3.05, 3.63) is 83.5 Å². The molecule has 1 unspecified atom stereocenters. The quantitative estimate of drug-likeness (QED) is 0.364. The second kappa shape index (κ2) is 9.87. The zero-order valence-electron chi connectivity index (χ0n) is 19.7. The van der Waals surface area contributed by atoms with Crippen molar-refractivity contribution < 1.29 is 14.4 Å². The number of allylic oxidation sites excluding steroid dienone is 4. The highest BCUT2D eigenvalue weighted by Crippen LogP contribution is 2.43. The lowest BCUT2D eigenvalue weighted by atomic mass is 9.75. The van der Waals surface area contributed by atoms with Gasteiger partial charge < -0.3 is 9.84 Å². The van der Waals surface area contributed by atoms with Crippen LogP contribution in [0.5, 0.6) is 5.75 Å². The number of nitrogens with zero attached hydrogens (tertiary/aromatic N) is 1. The number of unbranched alkanes of at least 4 members (excludes halogenated alkanes) is 1. The van der Waals surface area contributed by atoms with E-state index in [1.165, 1.54) is 41.8 Å². The van der Waals surface area contributed by atoms with E-state index >= 15 is 0 Å². The Morgan fingerprint density at radius 3 is 2.41 bits per heavy atom. The van der Waals surface area contributed by atoms with Gasteiger partial charge in [-0.15, -0.1) is 0 Å². The van der Waals surface area contributed by atoms with Crippen LogP contribution in [-0.4, -0.2) is 29.0 Å². The van der Waals surface area contributed by atoms with Gasteiger partial charge in [-0.2, -0.15) is 4.58 Å². The van der Waals surface area contributed by atoms with Crippen LogP contribution < -0.4 is 4.74 Å². The number of benzene rings is 2. The first-order chi connectivity index (χ1) is 15.5. The number of hydrogen-bond donors (Lipinski definition) is 1. The molecule has 1 heterocycles. The smallest absolute Gasteiger partial charge is 0.209 e. The minimum absolute atomic E-state index is 0.0157. The number of rotatable bonds is 10. The lowest BCUT2D eigenvalue weighted by molar-refractivity contribution is -0.438. The van der Waals surface area contributed by atoms with Gasteiger partial charge in [0.2, 0.25) is 5.69 Å². The van der Waals surface area contributed by atoms with E-state index in [2.05, 4.69) is 73.1 Å². The van der Waals surface area contributed by atoms with Crippen molar-refractivity contribution in [2.75, 3.05) is 13.7 Å². The summed E-state index contributed by atoms with van der Waals surface area (Å²) in [6, 6.07) is 14.9. The average molecular weight is 431 g/mol. The Hall–Kier alpha value is -2.65. The molecule has 1 aliphatic carbocycles. The number of ether oxygens (including phenoxy) is 1. The van der Waals surface area contributed by atoms with Gasteiger partial charge >= 0.3 is 0 Å². The zero-order chi connectivity index (χ0) is 22.6. The second-order valence-electron chi connectivity index (χ2n) is 9.36. The standard InChI is InChI=1S/C29H36NO2/c1-22-29(2,18-7-6-10-23-8-4-5-9-23)27-20-25(21-31)13-16-28(27)30(22)19-17-24-11-14-26(32-3)15-12-24/h4-5,8-9,11-16,20,23,31H,6-7,10,17-19,21H2,1-3H3/q+1. The fraction of sp³-hybridized carbons (Fsp3) is 0.414. The Morgan fingerprint density at radius 1 is 1.00 bits per heavy atom. The van der Waals surface area contributed by atoms with Gasteiger partial charge in [0.1, 0.15) is 5.75 Å². The van der Waals surface area contributed by atoms with Crippen molar-refractivity contribution in [2.24, 2.45) is 5.92 Å². The maximum atomic E-state index is 9.76. The normalized spacial score (nSPS) is 19.8. The monoisotopic (exact) mass is 430 g/mol. The van der Waals surface area contributed by atoms with Crippen LogP contribution in [0.4, 0.5) is 5.69 Å². The average Bonchev–Trinajstić information content (AvgIpc) is 3.42. The Kier molecular flexibility index (Phi) is 6.95. The molecule has 2 aliphatic rings. The molecular weight excluding hydrogens is 394 g/mol. The maximum absolute atomic E-state index is 9.76. The number of hydrogen-bond acceptors (Lipinski definition) is 2. The molecule has 2 aromatic rings. The predicted molar refractivity (Wildman–Crippen MR) is 132 cm³/mol. The van der Waals surface area contributed by atoms with Crippen molar-refractivity contribution in [1.29, 1.82) is 0 Å². The summed E-state index contributed by atoms with van der Waals surface area (Å²) in [6.07, 6.45) is 14.7. The third-order valence-electron chi connectivity index (χ3n) is 7.41. The molecule has 1 N–H and O–H groups in total. The third kappa shape index (κ3) is 4.59. The number of aliphatic hydroxyl groups is 1. The van der Waals surface area contributed by atoms with Gasteiger partial charge in [0.15, 0.2) is 12.3 Å². The van der Waals surface area contributed by atoms with Gasteiger partial charge in [-0.3, -0.25) is 0 Å². The molecule has 1 atom stereocenters. The van der Waals surface area contributed by atoms with Gasteiger partial charge in [0.05, 0.1) is 19.1 Å². The Labute approximate surface area is 192 Å². The Balaban J connectivity index is 1.52. The first kappa shape index (κ1) is 22.5. The summed E-state index contributed by atoms with van der Waals surface area (Å²) in [5.41, 5.74) is 6.44. The Morgan fingerprint density at radius 2 is 1.72 bits per heavy atom. The van der Waals surface area contributed by atoms with Gasteiger partial charge in [0, 0.05) is 25.0 Å². The predicted octanol–water partition coefficient (Wildman–Crippen LogP) is 6.11. The van der Waals surface area contributed by atoms with E-state index in [0.717, 1.165) is 30.7 Å². The fourth-order valence-corrected chi connectivity index (χ4v) is 5.20. The van der Waals surface area contributed by atoms with Crippen LogP contribution in [0.2, 0.25) is 0 Å². The van der Waals surface area contributed by atoms with Crippen LogP contribution >= 0.6 is 0 Å². The van der Waals surface area contributed by atoms with Crippen LogP contribution in [0.15, 0.2) is 66.8 Å². The lowest BCUT2D eigenvalue weighted by Crippen LogP contribution is -2.30. The SMILES string of the molecule is COc1ccc(CC[N+]2=C(C)C(C)(CCCCC3C=CC=C3)c3cc(CO)ccc32)cc1. The van der Waals surface area contributed by atoms with Crippen LogP contribution in [0.1, 0.15) is 56.2 Å². The van der Waals surface area contributed by atoms with Gasteiger partial charge in [-0.1, -0.05) is 55.3 Å². The maximum Gasteiger partial charge on any atom is 0.209 e. The first-order valence-electron chi connectivity index (χ1n) is 11.9. The molecule has 2 aromatic carbocycles. The van der Waals surface area contributed by atoms with E-state index < -0.39 is 0 Å². The number of aliphatic hydroxyl groups excluding tert-OH is 1. The van der Waals surface area contributed by atoms with E-state index in [0.29, 0.717) is 5.92 Å². The first-order valence-corrected chi connectivity index (χ1v) is 11.9. The number of methoxy groups -OCH3 is 1. The highest BCUT2D eigenvalue weighted by Gasteiger charge is 2.45. The summed E-state index contributed by atoms with van der Waals surface area (Å²) in [5.74, 6) is 1.52. The van der Waals surface area contributed by atoms with Crippen LogP contribution in [0.3, 0.4) is 0 Å². The third-order valence-corrected chi connectivity index (χ3v) is 7.41. The van der Waals surface area contributed by atoms with Crippen molar-refractivity contribution in [1.82, 2.24) is 0 Å². The summed E-state index contributed by atoms with van der Waals surface area (Å²) >= 11 is 0. The van der Waals surface area contributed by atoms with Crippen molar-refractivity contribution in [3.8, 4) is 5.75 Å². The van der Waals surface area contributed by atoms with Gasteiger partial charge in [-0.25, -0.2) is 0 Å². The molecule has 0 fully saturated rings. The molecule has 0 amide bonds. The topological polar surface area (TPSA) is 32.5 Å². The van der Waals surface area contributed by atoms with E-state index in [9.17, 15) is 5.11 Å². The van der Waals surface area contributed by atoms with E-state index in [4.69, 9.17) is 4.74 Å². The fourth-order valence-electron chi connectivity index (χ4n) is 5.20. The molecule has 3 nitrogen and oxygen atoms in total. The van der Waals surface area contributed by atoms with Crippen molar-refractivity contribution in [2.45, 2.75) is 58.0 Å². The minimum Gasteiger partial charge on any atom is -0.497 e. The molecule has 0 bridgehead atoms. The van der Waals surface area contributed by atoms with Crippen LogP contribution in [0.25, 0.3) is 0 Å². The van der Waals surface area contributed by atoms with E-state index in [1.807, 2.05) is 12.1 Å². The van der Waals surface area contributed by atoms with E-state index in [1.54, 1.807) is 7.11 Å². The Bertz CT molecular complexity index is 1020. The lowest BCUT2D eigenvalue weighted by Gasteiger charge is -2.23. The molecule has 3 heteroatoms. The molecule has 1 aliphatic heterocycles. The van der Waals surface area contributed by atoms with Crippen LogP contribution in [-0.2, 0) is 18.4 Å². The van der Waals surface area contributed by atoms with Gasteiger partial charge in [0.25, 0.3) is 0 Å². The molecular formula is C29H36NO2+. The molecule has 0 spiro atoms. The summed E-state index contributed by atoms with van der Waals surface area (Å²) in [5, 5.41) is 9.76. The van der Waals surface area contributed by atoms with Crippen LogP contribution in [0, 0.1) is 5.92 Å². The largest absolute Gasteiger partial charge is 0.497 e. The van der Waals surface area contributed by atoms with Crippen molar-refractivity contribution >= 4 is 11.4 Å². The van der Waals surface area contributed by atoms with Crippen molar-refractivity contribution in [3.63, 3.8) is 0 Å². The summed E-state index contributed by atoms with van der Waals surface area (Å²) < 4.78 is 7.80. The molecule has 0 aromatic heterocycles. The second-order valence-corrected chi connectivity index (χ2v) is 9.36. The highest BCUT2D eigenvalue weighted by molar-refractivity contribution is 5.93. The molecule has 4 rings (SSSR count). The molecule has 32 heavy (non-hydrogen) atoms. The molecule has 168 valence electrons. The van der Waals surface area contributed by atoms with E-state index in [-0.39, 0.29) is 12.0 Å². The molecule has 0 saturated heterocycles. The molecule has 0 saturated carbocycles. The highest BCUT2D eigenvalue weighted by atomic mass is 16.5. The summed E-state index contributed by atoms with van der Waals surface area (Å²) in [4.78, 5) is 0. The minimum atomic E-state index is 0.0157. The zero-order valence-corrected chi connectivity index (χ0v) is 19.7. The summed E-state index contributed by atoms with van der Waals surface area (Å²) in [7, 11) is 1.71. The molecule has 0 radical (unpaired) electrons.